The van der Waals surface area contributed by atoms with E-state index in [4.69, 9.17) is 11.6 Å². The Bertz CT molecular complexity index is 419. The standard InChI is InChI=1S/C11H11BrClNS2/c12-10-6-9(16-11(10)13)7-14-4-3-8-2-1-5-15-8/h1-2,5-6,14H,3-4,7H2. The second-order valence-corrected chi connectivity index (χ2v) is 6.97. The van der Waals surface area contributed by atoms with Crippen molar-refractivity contribution in [3.63, 3.8) is 0 Å². The first-order valence-electron chi connectivity index (χ1n) is 4.92. The van der Waals surface area contributed by atoms with E-state index >= 15 is 0 Å². The molecule has 0 saturated heterocycles. The van der Waals surface area contributed by atoms with E-state index in [9.17, 15) is 0 Å². The van der Waals surface area contributed by atoms with Gasteiger partial charge in [-0.25, -0.2) is 0 Å². The van der Waals surface area contributed by atoms with Crippen molar-refractivity contribution in [1.29, 1.82) is 0 Å². The van der Waals surface area contributed by atoms with E-state index in [2.05, 4.69) is 44.8 Å². The van der Waals surface area contributed by atoms with Crippen molar-refractivity contribution in [2.24, 2.45) is 0 Å². The highest BCUT2D eigenvalue weighted by atomic mass is 79.9. The molecule has 0 bridgehead atoms. The summed E-state index contributed by atoms with van der Waals surface area (Å²) in [6.45, 7) is 1.90. The first-order chi connectivity index (χ1) is 7.75. The second-order valence-electron chi connectivity index (χ2n) is 3.34. The van der Waals surface area contributed by atoms with Gasteiger partial charge >= 0.3 is 0 Å². The maximum Gasteiger partial charge on any atom is 0.107 e. The van der Waals surface area contributed by atoms with E-state index in [1.807, 2.05) is 11.3 Å². The molecule has 0 fully saturated rings. The van der Waals surface area contributed by atoms with Crippen LogP contribution in [0, 0.1) is 0 Å². The van der Waals surface area contributed by atoms with Crippen LogP contribution in [0.1, 0.15) is 9.75 Å². The van der Waals surface area contributed by atoms with Crippen molar-refractivity contribution in [3.8, 4) is 0 Å². The van der Waals surface area contributed by atoms with Crippen LogP contribution in [0.5, 0.6) is 0 Å². The van der Waals surface area contributed by atoms with E-state index < -0.39 is 0 Å². The van der Waals surface area contributed by atoms with Crippen LogP contribution < -0.4 is 5.32 Å². The third-order valence-electron chi connectivity index (χ3n) is 2.12. The summed E-state index contributed by atoms with van der Waals surface area (Å²) in [5.41, 5.74) is 0. The molecule has 2 aromatic rings. The maximum atomic E-state index is 5.97. The van der Waals surface area contributed by atoms with Crippen molar-refractivity contribution in [1.82, 2.24) is 5.32 Å². The largest absolute Gasteiger partial charge is 0.311 e. The van der Waals surface area contributed by atoms with E-state index in [0.29, 0.717) is 0 Å². The van der Waals surface area contributed by atoms with Gasteiger partial charge in [-0.15, -0.1) is 22.7 Å². The molecule has 0 radical (unpaired) electrons. The van der Waals surface area contributed by atoms with Gasteiger partial charge in [0, 0.05) is 27.3 Å². The lowest BCUT2D eigenvalue weighted by atomic mass is 10.3. The monoisotopic (exact) mass is 335 g/mol. The third kappa shape index (κ3) is 3.57. The molecule has 0 atom stereocenters. The zero-order valence-electron chi connectivity index (χ0n) is 8.50. The first kappa shape index (κ1) is 12.6. The molecule has 5 heteroatoms. The lowest BCUT2D eigenvalue weighted by Crippen LogP contribution is -2.15. The summed E-state index contributed by atoms with van der Waals surface area (Å²) in [6.07, 6.45) is 1.10. The minimum Gasteiger partial charge on any atom is -0.311 e. The molecule has 1 N–H and O–H groups in total. The first-order valence-corrected chi connectivity index (χ1v) is 7.79. The summed E-state index contributed by atoms with van der Waals surface area (Å²) in [5.74, 6) is 0. The molecule has 0 aliphatic heterocycles. The van der Waals surface area contributed by atoms with Gasteiger partial charge in [-0.05, 0) is 39.9 Å². The van der Waals surface area contributed by atoms with Crippen molar-refractivity contribution in [3.05, 3.63) is 42.1 Å². The highest BCUT2D eigenvalue weighted by Gasteiger charge is 2.03. The molecule has 2 aromatic heterocycles. The molecule has 2 heterocycles. The molecule has 86 valence electrons. The highest BCUT2D eigenvalue weighted by molar-refractivity contribution is 9.10. The van der Waals surface area contributed by atoms with Gasteiger partial charge in [0.2, 0.25) is 0 Å². The van der Waals surface area contributed by atoms with Gasteiger partial charge in [0.1, 0.15) is 4.34 Å². The Kier molecular flexibility index (Phi) is 4.85. The van der Waals surface area contributed by atoms with Crippen molar-refractivity contribution >= 4 is 50.2 Å². The Morgan fingerprint density at radius 2 is 2.25 bits per heavy atom. The zero-order valence-corrected chi connectivity index (χ0v) is 12.5. The van der Waals surface area contributed by atoms with Crippen LogP contribution in [0.3, 0.4) is 0 Å². The van der Waals surface area contributed by atoms with E-state index in [1.54, 1.807) is 11.3 Å². The molecule has 0 unspecified atom stereocenters. The molecule has 1 nitrogen and oxygen atoms in total. The number of thiophene rings is 2. The van der Waals surface area contributed by atoms with E-state index in [-0.39, 0.29) is 0 Å². The average Bonchev–Trinajstić information content (AvgIpc) is 2.85. The lowest BCUT2D eigenvalue weighted by molar-refractivity contribution is 0.697. The van der Waals surface area contributed by atoms with Crippen LogP contribution in [0.25, 0.3) is 0 Å². The summed E-state index contributed by atoms with van der Waals surface area (Å²) >= 11 is 12.8. The average molecular weight is 337 g/mol. The van der Waals surface area contributed by atoms with Gasteiger partial charge in [0.25, 0.3) is 0 Å². The molecule has 0 amide bonds. The van der Waals surface area contributed by atoms with Crippen LogP contribution in [0.15, 0.2) is 28.1 Å². The Labute approximate surface area is 117 Å². The number of nitrogens with one attached hydrogen (secondary N) is 1. The van der Waals surface area contributed by atoms with Crippen LogP contribution in [-0.2, 0) is 13.0 Å². The van der Waals surface area contributed by atoms with Crippen molar-refractivity contribution < 1.29 is 0 Å². The van der Waals surface area contributed by atoms with Gasteiger partial charge < -0.3 is 5.32 Å². The van der Waals surface area contributed by atoms with Crippen molar-refractivity contribution in [2.45, 2.75) is 13.0 Å². The van der Waals surface area contributed by atoms with Crippen molar-refractivity contribution in [2.75, 3.05) is 6.54 Å². The molecular weight excluding hydrogens is 326 g/mol. The molecule has 0 spiro atoms. The van der Waals surface area contributed by atoms with Gasteiger partial charge in [-0.3, -0.25) is 0 Å². The minimum atomic E-state index is 0.829. The summed E-state index contributed by atoms with van der Waals surface area (Å²) in [7, 11) is 0. The Morgan fingerprint density at radius 3 is 2.88 bits per heavy atom. The summed E-state index contributed by atoms with van der Waals surface area (Å²) < 4.78 is 1.82. The molecular formula is C11H11BrClNS2. The molecule has 2 rings (SSSR count). The second kappa shape index (κ2) is 6.17. The van der Waals surface area contributed by atoms with Gasteiger partial charge in [-0.2, -0.15) is 0 Å². The summed E-state index contributed by atoms with van der Waals surface area (Å²) in [4.78, 5) is 2.70. The lowest BCUT2D eigenvalue weighted by Gasteiger charge is -2.00. The smallest absolute Gasteiger partial charge is 0.107 e. The number of hydrogen-bond donors (Lipinski definition) is 1. The number of halogens is 2. The fourth-order valence-corrected chi connectivity index (χ4v) is 3.83. The number of rotatable bonds is 5. The van der Waals surface area contributed by atoms with E-state index in [1.165, 1.54) is 9.75 Å². The highest BCUT2D eigenvalue weighted by Crippen LogP contribution is 2.31. The molecule has 0 aromatic carbocycles. The third-order valence-corrected chi connectivity index (χ3v) is 5.53. The van der Waals surface area contributed by atoms with Gasteiger partial charge in [0.05, 0.1) is 0 Å². The van der Waals surface area contributed by atoms with E-state index in [0.717, 1.165) is 28.3 Å². The summed E-state index contributed by atoms with van der Waals surface area (Å²) in [6, 6.07) is 6.34. The van der Waals surface area contributed by atoms with Gasteiger partial charge in [-0.1, -0.05) is 17.7 Å². The quantitative estimate of drug-likeness (QED) is 0.789. The maximum absolute atomic E-state index is 5.97. The molecule has 0 aliphatic rings. The zero-order chi connectivity index (χ0) is 11.4. The molecule has 16 heavy (non-hydrogen) atoms. The molecule has 0 saturated carbocycles. The van der Waals surface area contributed by atoms with Crippen LogP contribution in [0.4, 0.5) is 0 Å². The molecule has 0 aliphatic carbocycles. The normalized spacial score (nSPS) is 10.9. The van der Waals surface area contributed by atoms with Crippen LogP contribution >= 0.6 is 50.2 Å². The SMILES string of the molecule is Clc1sc(CNCCc2cccs2)cc1Br. The number of hydrogen-bond acceptors (Lipinski definition) is 3. The summed E-state index contributed by atoms with van der Waals surface area (Å²) in [5, 5.41) is 5.53. The van der Waals surface area contributed by atoms with Crippen LogP contribution in [0.2, 0.25) is 4.34 Å². The topological polar surface area (TPSA) is 12.0 Å². The van der Waals surface area contributed by atoms with Gasteiger partial charge in [0.15, 0.2) is 0 Å². The van der Waals surface area contributed by atoms with Crippen LogP contribution in [-0.4, -0.2) is 6.54 Å². The predicted octanol–water partition coefficient (Wildman–Crippen LogP) is 4.56. The predicted molar refractivity (Wildman–Crippen MR) is 76.8 cm³/mol. The fourth-order valence-electron chi connectivity index (χ4n) is 1.36. The minimum absolute atomic E-state index is 0.829. The Morgan fingerprint density at radius 1 is 1.38 bits per heavy atom. The Balaban J connectivity index is 1.72. The Hall–Kier alpha value is 0.130. The fraction of sp³-hybridized carbons (Fsp3) is 0.273.